The number of H-pyrrole nitrogens is 1. The SMILES string of the molecule is CCN(C(=O)Cn1nc(-c2cc(OC)cc(OC(F)(F)F)c2)c2nc[nH]c2c1=O)c1ccc2c(c1)OC(F)(F)O2. The minimum Gasteiger partial charge on any atom is -0.497 e. The number of rotatable bonds is 7. The molecule has 0 radical (unpaired) electrons. The lowest BCUT2D eigenvalue weighted by atomic mass is 10.1. The second-order valence-corrected chi connectivity index (χ2v) is 8.32. The number of methoxy groups -OCH3 is 1. The van der Waals surface area contributed by atoms with Gasteiger partial charge in [0, 0.05) is 29.9 Å². The van der Waals surface area contributed by atoms with Crippen molar-refractivity contribution in [3.63, 3.8) is 0 Å². The lowest BCUT2D eigenvalue weighted by Crippen LogP contribution is -2.37. The van der Waals surface area contributed by atoms with Gasteiger partial charge in [0.05, 0.1) is 13.4 Å². The van der Waals surface area contributed by atoms with Gasteiger partial charge in [-0.05, 0) is 31.2 Å². The molecule has 0 unspecified atom stereocenters. The minimum atomic E-state index is -4.99. The number of imidazole rings is 1. The summed E-state index contributed by atoms with van der Waals surface area (Å²) in [6.45, 7) is 1.08. The zero-order valence-electron chi connectivity index (χ0n) is 20.6. The number of amides is 1. The highest BCUT2D eigenvalue weighted by molar-refractivity contribution is 5.94. The fourth-order valence-corrected chi connectivity index (χ4v) is 4.12. The molecule has 2 aromatic heterocycles. The molecular weight excluding hydrogens is 549 g/mol. The number of anilines is 1. The molecule has 40 heavy (non-hydrogen) atoms. The first kappa shape index (κ1) is 26.7. The van der Waals surface area contributed by atoms with Crippen molar-refractivity contribution in [2.24, 2.45) is 0 Å². The van der Waals surface area contributed by atoms with Crippen molar-refractivity contribution in [1.29, 1.82) is 0 Å². The Morgan fingerprint density at radius 3 is 2.55 bits per heavy atom. The predicted octanol–water partition coefficient (Wildman–Crippen LogP) is 4.07. The summed E-state index contributed by atoms with van der Waals surface area (Å²) in [6.07, 6.45) is -7.64. The van der Waals surface area contributed by atoms with Crippen LogP contribution in [0.5, 0.6) is 23.0 Å². The van der Waals surface area contributed by atoms with E-state index in [4.69, 9.17) is 4.74 Å². The van der Waals surface area contributed by atoms with Crippen LogP contribution in [-0.4, -0.2) is 52.0 Å². The largest absolute Gasteiger partial charge is 0.586 e. The molecule has 3 heterocycles. The molecule has 1 aliphatic rings. The molecule has 4 aromatic rings. The van der Waals surface area contributed by atoms with Gasteiger partial charge in [-0.2, -0.15) is 5.10 Å². The molecule has 210 valence electrons. The third-order valence-electron chi connectivity index (χ3n) is 5.75. The Hall–Kier alpha value is -4.89. The van der Waals surface area contributed by atoms with E-state index in [1.54, 1.807) is 6.92 Å². The Balaban J connectivity index is 1.52. The molecule has 2 aromatic carbocycles. The smallest absolute Gasteiger partial charge is 0.497 e. The molecule has 1 aliphatic heterocycles. The third kappa shape index (κ3) is 5.19. The standard InChI is InChI=1S/C24H18F5N5O6/c1-3-33(13-4-5-16-17(8-13)40-24(28,29)39-16)18(35)10-34-22(36)21-20(30-11-31-21)19(32-34)12-6-14(37-2)9-15(7-12)38-23(25,26)27/h4-9,11H,3,10H2,1-2H3,(H,30,31). The summed E-state index contributed by atoms with van der Waals surface area (Å²) in [4.78, 5) is 34.3. The van der Waals surface area contributed by atoms with E-state index in [1.807, 2.05) is 0 Å². The first-order valence-corrected chi connectivity index (χ1v) is 11.5. The van der Waals surface area contributed by atoms with Crippen LogP contribution in [0.4, 0.5) is 27.6 Å². The molecule has 11 nitrogen and oxygen atoms in total. The van der Waals surface area contributed by atoms with E-state index in [1.165, 1.54) is 42.6 Å². The van der Waals surface area contributed by atoms with Gasteiger partial charge in [0.1, 0.15) is 34.8 Å². The van der Waals surface area contributed by atoms with Crippen LogP contribution < -0.4 is 29.4 Å². The second kappa shape index (κ2) is 9.69. The van der Waals surface area contributed by atoms with Crippen LogP contribution in [0.25, 0.3) is 22.3 Å². The van der Waals surface area contributed by atoms with Gasteiger partial charge < -0.3 is 28.8 Å². The number of benzene rings is 2. The van der Waals surface area contributed by atoms with Crippen molar-refractivity contribution in [2.75, 3.05) is 18.6 Å². The number of aromatic amines is 1. The summed E-state index contributed by atoms with van der Waals surface area (Å²) in [5.41, 5.74) is -0.564. The van der Waals surface area contributed by atoms with Crippen LogP contribution in [0.2, 0.25) is 0 Å². The molecule has 0 bridgehead atoms. The summed E-state index contributed by atoms with van der Waals surface area (Å²) in [5, 5.41) is 4.22. The number of hydrogen-bond acceptors (Lipinski definition) is 8. The normalized spacial score (nSPS) is 13.9. The topological polar surface area (TPSA) is 121 Å². The Labute approximate surface area is 220 Å². The summed E-state index contributed by atoms with van der Waals surface area (Å²) in [6, 6.07) is 7.17. The van der Waals surface area contributed by atoms with E-state index in [0.717, 1.165) is 16.8 Å². The number of nitrogens with zero attached hydrogens (tertiary/aromatic N) is 4. The first-order chi connectivity index (χ1) is 18.9. The summed E-state index contributed by atoms with van der Waals surface area (Å²) < 4.78 is 84.3. The number of likely N-dealkylation sites (N-methyl/N-ethyl adjacent to an activating group) is 1. The zero-order chi connectivity index (χ0) is 28.8. The maximum absolute atomic E-state index is 13.4. The molecule has 16 heteroatoms. The zero-order valence-corrected chi connectivity index (χ0v) is 20.6. The number of hydrogen-bond donors (Lipinski definition) is 1. The number of halogens is 5. The highest BCUT2D eigenvalue weighted by Gasteiger charge is 2.43. The number of carbonyl (C=O) groups is 1. The monoisotopic (exact) mass is 567 g/mol. The predicted molar refractivity (Wildman–Crippen MR) is 127 cm³/mol. The first-order valence-electron chi connectivity index (χ1n) is 11.5. The molecule has 0 saturated carbocycles. The molecule has 1 amide bonds. The maximum atomic E-state index is 13.4. The minimum absolute atomic E-state index is 0.00149. The number of ether oxygens (including phenoxy) is 4. The Morgan fingerprint density at radius 1 is 1.12 bits per heavy atom. The van der Waals surface area contributed by atoms with E-state index in [-0.39, 0.29) is 51.8 Å². The summed E-state index contributed by atoms with van der Waals surface area (Å²) in [7, 11) is 1.24. The van der Waals surface area contributed by atoms with Gasteiger partial charge in [0.15, 0.2) is 11.5 Å². The number of fused-ring (bicyclic) bond motifs is 2. The Bertz CT molecular complexity index is 1670. The third-order valence-corrected chi connectivity index (χ3v) is 5.75. The summed E-state index contributed by atoms with van der Waals surface area (Å²) >= 11 is 0. The number of alkyl halides is 5. The molecule has 0 fully saturated rings. The van der Waals surface area contributed by atoms with Crippen molar-refractivity contribution >= 4 is 22.6 Å². The Kier molecular flexibility index (Phi) is 6.47. The fraction of sp³-hybridized carbons (Fsp3) is 0.250. The van der Waals surface area contributed by atoms with Crippen molar-refractivity contribution < 1.29 is 45.7 Å². The molecule has 0 atom stereocenters. The van der Waals surface area contributed by atoms with E-state index in [0.29, 0.717) is 0 Å². The second-order valence-electron chi connectivity index (χ2n) is 8.32. The average molecular weight is 567 g/mol. The van der Waals surface area contributed by atoms with Gasteiger partial charge >= 0.3 is 12.7 Å². The quantitative estimate of drug-likeness (QED) is 0.332. The molecule has 0 aliphatic carbocycles. The van der Waals surface area contributed by atoms with Crippen molar-refractivity contribution in [3.05, 3.63) is 53.1 Å². The van der Waals surface area contributed by atoms with Gasteiger partial charge in [-0.1, -0.05) is 0 Å². The number of nitrogens with one attached hydrogen (secondary N) is 1. The highest BCUT2D eigenvalue weighted by Crippen LogP contribution is 2.43. The van der Waals surface area contributed by atoms with E-state index >= 15 is 0 Å². The van der Waals surface area contributed by atoms with Crippen molar-refractivity contribution in [1.82, 2.24) is 19.7 Å². The van der Waals surface area contributed by atoms with Gasteiger partial charge in [-0.15, -0.1) is 22.0 Å². The maximum Gasteiger partial charge on any atom is 0.586 e. The lowest BCUT2D eigenvalue weighted by molar-refractivity contribution is -0.286. The van der Waals surface area contributed by atoms with Gasteiger partial charge in [-0.3, -0.25) is 9.59 Å². The van der Waals surface area contributed by atoms with Gasteiger partial charge in [-0.25, -0.2) is 9.67 Å². The van der Waals surface area contributed by atoms with E-state index in [2.05, 4.69) is 29.3 Å². The fourth-order valence-electron chi connectivity index (χ4n) is 4.12. The molecular formula is C24H18F5N5O6. The van der Waals surface area contributed by atoms with Crippen LogP contribution in [0, 0.1) is 0 Å². The highest BCUT2D eigenvalue weighted by atomic mass is 19.4. The average Bonchev–Trinajstić information content (AvgIpc) is 3.48. The van der Waals surface area contributed by atoms with Crippen molar-refractivity contribution in [3.8, 4) is 34.3 Å². The molecule has 0 saturated heterocycles. The number of aromatic nitrogens is 4. The van der Waals surface area contributed by atoms with Crippen LogP contribution >= 0.6 is 0 Å². The van der Waals surface area contributed by atoms with E-state index in [9.17, 15) is 31.5 Å². The van der Waals surface area contributed by atoms with E-state index < -0.39 is 36.4 Å². The summed E-state index contributed by atoms with van der Waals surface area (Å²) in [5.74, 6) is -1.75. The lowest BCUT2D eigenvalue weighted by Gasteiger charge is -2.21. The van der Waals surface area contributed by atoms with Crippen LogP contribution in [-0.2, 0) is 11.3 Å². The molecule has 5 rings (SSSR count). The van der Waals surface area contributed by atoms with Gasteiger partial charge in [0.2, 0.25) is 5.91 Å². The van der Waals surface area contributed by atoms with Crippen LogP contribution in [0.1, 0.15) is 6.92 Å². The number of carbonyl (C=O) groups excluding carboxylic acids is 1. The van der Waals surface area contributed by atoms with Gasteiger partial charge in [0.25, 0.3) is 5.56 Å². The van der Waals surface area contributed by atoms with Crippen molar-refractivity contribution in [2.45, 2.75) is 26.1 Å². The molecule has 1 N–H and O–H groups in total. The molecule has 0 spiro atoms. The van der Waals surface area contributed by atoms with Crippen LogP contribution in [0.3, 0.4) is 0 Å². The van der Waals surface area contributed by atoms with Crippen LogP contribution in [0.15, 0.2) is 47.5 Å². The Morgan fingerprint density at radius 2 is 1.85 bits per heavy atom.